The molecule has 1 aliphatic rings. The summed E-state index contributed by atoms with van der Waals surface area (Å²) in [6, 6.07) is 0.610. The molecule has 1 heterocycles. The van der Waals surface area contributed by atoms with Gasteiger partial charge in [-0.25, -0.2) is 0 Å². The van der Waals surface area contributed by atoms with Gasteiger partial charge in [-0.2, -0.15) is 0 Å². The van der Waals surface area contributed by atoms with Crippen molar-refractivity contribution in [3.8, 4) is 0 Å². The Morgan fingerprint density at radius 3 is 2.21 bits per heavy atom. The third-order valence-corrected chi connectivity index (χ3v) is 4.31. The topological polar surface area (TPSA) is 32.8 Å². The quantitative estimate of drug-likeness (QED) is 0.664. The number of ether oxygens (including phenoxy) is 1. The molecule has 0 saturated carbocycles. The van der Waals surface area contributed by atoms with E-state index in [1.54, 1.807) is 0 Å². The molecule has 19 heavy (non-hydrogen) atoms. The number of piperazine rings is 1. The van der Waals surface area contributed by atoms with Crippen LogP contribution in [0.4, 0.5) is 0 Å². The maximum Gasteiger partial charge on any atom is 0.323 e. The normalized spacial score (nSPS) is 21.1. The largest absolute Gasteiger partial charge is 0.468 e. The summed E-state index contributed by atoms with van der Waals surface area (Å²) in [6.45, 7) is 10.8. The maximum atomic E-state index is 11.9. The van der Waals surface area contributed by atoms with Crippen LogP contribution in [0.5, 0.6) is 0 Å². The van der Waals surface area contributed by atoms with Crippen molar-refractivity contribution in [3.63, 3.8) is 0 Å². The second-order valence-electron chi connectivity index (χ2n) is 5.51. The van der Waals surface area contributed by atoms with Crippen molar-refractivity contribution >= 4 is 5.97 Å². The zero-order chi connectivity index (χ0) is 14.3. The Labute approximate surface area is 118 Å². The third kappa shape index (κ3) is 4.77. The van der Waals surface area contributed by atoms with Gasteiger partial charge in [-0.05, 0) is 19.8 Å². The summed E-state index contributed by atoms with van der Waals surface area (Å²) >= 11 is 0. The summed E-state index contributed by atoms with van der Waals surface area (Å²) < 4.78 is 4.96. The van der Waals surface area contributed by atoms with Crippen LogP contribution >= 0.6 is 0 Å². The summed E-state index contributed by atoms with van der Waals surface area (Å²) in [5.41, 5.74) is 0. The molecule has 0 spiro atoms. The second kappa shape index (κ2) is 8.54. The molecule has 0 amide bonds. The number of carbonyl (C=O) groups excluding carboxylic acids is 1. The number of hydrogen-bond donors (Lipinski definition) is 0. The molecule has 1 aliphatic heterocycles. The number of methoxy groups -OCH3 is 1. The monoisotopic (exact) mass is 270 g/mol. The predicted molar refractivity (Wildman–Crippen MR) is 78.2 cm³/mol. The minimum absolute atomic E-state index is 0.0379. The smallest absolute Gasteiger partial charge is 0.323 e. The fourth-order valence-electron chi connectivity index (χ4n) is 2.73. The van der Waals surface area contributed by atoms with Crippen LogP contribution in [0.3, 0.4) is 0 Å². The van der Waals surface area contributed by atoms with E-state index >= 15 is 0 Å². The van der Waals surface area contributed by atoms with Gasteiger partial charge in [0.1, 0.15) is 6.04 Å². The third-order valence-electron chi connectivity index (χ3n) is 4.31. The van der Waals surface area contributed by atoms with Gasteiger partial charge in [0.05, 0.1) is 7.11 Å². The molecule has 1 fully saturated rings. The fraction of sp³-hybridized carbons (Fsp3) is 0.933. The van der Waals surface area contributed by atoms with Crippen molar-refractivity contribution in [1.82, 2.24) is 9.80 Å². The zero-order valence-corrected chi connectivity index (χ0v) is 13.0. The average Bonchev–Trinajstić information content (AvgIpc) is 2.47. The first-order valence-corrected chi connectivity index (χ1v) is 7.69. The van der Waals surface area contributed by atoms with Crippen LogP contribution in [0.25, 0.3) is 0 Å². The molecule has 0 radical (unpaired) electrons. The van der Waals surface area contributed by atoms with Gasteiger partial charge >= 0.3 is 5.97 Å². The van der Waals surface area contributed by atoms with Gasteiger partial charge in [0.15, 0.2) is 0 Å². The molecule has 0 aromatic rings. The second-order valence-corrected chi connectivity index (χ2v) is 5.51. The molecule has 2 atom stereocenters. The summed E-state index contributed by atoms with van der Waals surface area (Å²) in [7, 11) is 1.50. The van der Waals surface area contributed by atoms with Gasteiger partial charge < -0.3 is 4.74 Å². The van der Waals surface area contributed by atoms with Gasteiger partial charge in [0.2, 0.25) is 0 Å². The Balaban J connectivity index is 2.51. The van der Waals surface area contributed by atoms with Crippen LogP contribution in [-0.4, -0.2) is 61.1 Å². The van der Waals surface area contributed by atoms with E-state index < -0.39 is 0 Å². The SMILES string of the molecule is CCCCC(C(=O)OC)N1CCN(C(C)CC)CC1. The fourth-order valence-corrected chi connectivity index (χ4v) is 2.73. The highest BCUT2D eigenvalue weighted by molar-refractivity contribution is 5.75. The highest BCUT2D eigenvalue weighted by Gasteiger charge is 2.30. The predicted octanol–water partition coefficient (Wildman–Crippen LogP) is 2.13. The number of rotatable bonds is 7. The van der Waals surface area contributed by atoms with Crippen LogP contribution in [-0.2, 0) is 9.53 Å². The van der Waals surface area contributed by atoms with Gasteiger partial charge in [-0.15, -0.1) is 0 Å². The number of carbonyl (C=O) groups is 1. The molecule has 112 valence electrons. The lowest BCUT2D eigenvalue weighted by atomic mass is 10.1. The Morgan fingerprint density at radius 2 is 1.74 bits per heavy atom. The molecule has 0 aromatic carbocycles. The Bertz CT molecular complexity index is 263. The molecule has 1 rings (SSSR count). The Kier molecular flexibility index (Phi) is 7.39. The highest BCUT2D eigenvalue weighted by Crippen LogP contribution is 2.15. The van der Waals surface area contributed by atoms with E-state index in [4.69, 9.17) is 4.74 Å². The molecule has 0 aliphatic carbocycles. The number of hydrogen-bond acceptors (Lipinski definition) is 4. The number of unbranched alkanes of at least 4 members (excludes halogenated alkanes) is 1. The van der Waals surface area contributed by atoms with Crippen LogP contribution in [0.1, 0.15) is 46.5 Å². The molecular weight excluding hydrogens is 240 g/mol. The van der Waals surface area contributed by atoms with Crippen molar-refractivity contribution in [2.45, 2.75) is 58.5 Å². The number of esters is 1. The van der Waals surface area contributed by atoms with Crippen molar-refractivity contribution in [1.29, 1.82) is 0 Å². The van der Waals surface area contributed by atoms with Crippen LogP contribution in [0.15, 0.2) is 0 Å². The van der Waals surface area contributed by atoms with Gasteiger partial charge in [0.25, 0.3) is 0 Å². The molecule has 1 saturated heterocycles. The average molecular weight is 270 g/mol. The highest BCUT2D eigenvalue weighted by atomic mass is 16.5. The Hall–Kier alpha value is -0.610. The zero-order valence-electron chi connectivity index (χ0n) is 13.0. The minimum atomic E-state index is -0.0644. The van der Waals surface area contributed by atoms with Crippen LogP contribution in [0, 0.1) is 0 Å². The van der Waals surface area contributed by atoms with E-state index in [1.165, 1.54) is 13.5 Å². The van der Waals surface area contributed by atoms with E-state index in [9.17, 15) is 4.79 Å². The minimum Gasteiger partial charge on any atom is -0.468 e. The lowest BCUT2D eigenvalue weighted by molar-refractivity contribution is -0.148. The number of nitrogens with zero attached hydrogens (tertiary/aromatic N) is 2. The molecule has 2 unspecified atom stereocenters. The lowest BCUT2D eigenvalue weighted by Gasteiger charge is -2.40. The van der Waals surface area contributed by atoms with E-state index in [0.717, 1.165) is 45.4 Å². The Morgan fingerprint density at radius 1 is 1.16 bits per heavy atom. The van der Waals surface area contributed by atoms with Crippen molar-refractivity contribution in [2.75, 3.05) is 33.3 Å². The van der Waals surface area contributed by atoms with Crippen molar-refractivity contribution < 1.29 is 9.53 Å². The van der Waals surface area contributed by atoms with E-state index in [0.29, 0.717) is 6.04 Å². The lowest BCUT2D eigenvalue weighted by Crippen LogP contribution is -2.54. The van der Waals surface area contributed by atoms with Gasteiger partial charge in [0, 0.05) is 32.2 Å². The van der Waals surface area contributed by atoms with Crippen LogP contribution in [0.2, 0.25) is 0 Å². The van der Waals surface area contributed by atoms with E-state index in [1.807, 2.05) is 0 Å². The molecule has 0 aromatic heterocycles. The van der Waals surface area contributed by atoms with E-state index in [2.05, 4.69) is 30.6 Å². The van der Waals surface area contributed by atoms with Crippen LogP contribution < -0.4 is 0 Å². The van der Waals surface area contributed by atoms with Gasteiger partial charge in [-0.1, -0.05) is 26.7 Å². The maximum absolute atomic E-state index is 11.9. The first-order chi connectivity index (χ1) is 9.13. The molecular formula is C15H30N2O2. The first kappa shape index (κ1) is 16.4. The standard InChI is InChI=1S/C15H30N2O2/c1-5-7-8-14(15(18)19-4)17-11-9-16(10-12-17)13(3)6-2/h13-14H,5-12H2,1-4H3. The van der Waals surface area contributed by atoms with Crippen molar-refractivity contribution in [2.24, 2.45) is 0 Å². The summed E-state index contributed by atoms with van der Waals surface area (Å²) in [4.78, 5) is 16.7. The van der Waals surface area contributed by atoms with Crippen molar-refractivity contribution in [3.05, 3.63) is 0 Å². The summed E-state index contributed by atoms with van der Waals surface area (Å²) in [6.07, 6.45) is 4.33. The first-order valence-electron chi connectivity index (χ1n) is 7.69. The van der Waals surface area contributed by atoms with E-state index in [-0.39, 0.29) is 12.0 Å². The summed E-state index contributed by atoms with van der Waals surface area (Å²) in [5, 5.41) is 0. The van der Waals surface area contributed by atoms with Gasteiger partial charge in [-0.3, -0.25) is 14.6 Å². The summed E-state index contributed by atoms with van der Waals surface area (Å²) in [5.74, 6) is -0.0644. The molecule has 0 N–H and O–H groups in total. The molecule has 4 nitrogen and oxygen atoms in total. The molecule has 4 heteroatoms. The molecule has 0 bridgehead atoms.